The Bertz CT molecular complexity index is 151. The fourth-order valence-electron chi connectivity index (χ4n) is 1.70. The van der Waals surface area contributed by atoms with Gasteiger partial charge in [0.15, 0.2) is 0 Å². The van der Waals surface area contributed by atoms with Gasteiger partial charge in [-0.15, -0.1) is 0 Å². The van der Waals surface area contributed by atoms with E-state index in [1.165, 1.54) is 18.6 Å². The van der Waals surface area contributed by atoms with Gasteiger partial charge in [0.1, 0.15) is 0 Å². The molecule has 1 atom stereocenters. The van der Waals surface area contributed by atoms with Crippen molar-refractivity contribution in [3.63, 3.8) is 0 Å². The van der Waals surface area contributed by atoms with E-state index in [1.807, 2.05) is 11.8 Å². The van der Waals surface area contributed by atoms with Crippen LogP contribution in [0.5, 0.6) is 0 Å². The van der Waals surface area contributed by atoms with Crippen molar-refractivity contribution in [2.24, 2.45) is 5.92 Å². The minimum absolute atomic E-state index is 0.738. The summed E-state index contributed by atoms with van der Waals surface area (Å²) in [5, 5.41) is 3.52. The molecule has 0 aromatic rings. The van der Waals surface area contributed by atoms with Crippen LogP contribution in [0.4, 0.5) is 0 Å². The second-order valence-electron chi connectivity index (χ2n) is 4.93. The van der Waals surface area contributed by atoms with Gasteiger partial charge in [0.25, 0.3) is 0 Å². The molecule has 2 nitrogen and oxygen atoms in total. The summed E-state index contributed by atoms with van der Waals surface area (Å²) in [4.78, 5) is 2.48. The average molecular weight is 246 g/mol. The first-order valence-corrected chi connectivity index (χ1v) is 7.91. The Morgan fingerprint density at radius 1 is 1.25 bits per heavy atom. The number of hydrogen-bond acceptors (Lipinski definition) is 3. The summed E-state index contributed by atoms with van der Waals surface area (Å²) >= 11 is 1.95. The van der Waals surface area contributed by atoms with Gasteiger partial charge in [-0.3, -0.25) is 0 Å². The van der Waals surface area contributed by atoms with Crippen LogP contribution in [0.15, 0.2) is 0 Å². The molecule has 1 unspecified atom stereocenters. The summed E-state index contributed by atoms with van der Waals surface area (Å²) in [6.07, 6.45) is 4.73. The van der Waals surface area contributed by atoms with E-state index in [0.29, 0.717) is 0 Å². The van der Waals surface area contributed by atoms with Crippen LogP contribution in [0, 0.1) is 5.92 Å². The molecule has 0 radical (unpaired) electrons. The SMILES string of the molecule is CCC(CSC)N(C)CCNCCC(C)C. The summed E-state index contributed by atoms with van der Waals surface area (Å²) < 4.78 is 0. The molecule has 0 saturated carbocycles. The quantitative estimate of drug-likeness (QED) is 0.597. The maximum absolute atomic E-state index is 3.52. The first-order chi connectivity index (χ1) is 7.61. The van der Waals surface area contributed by atoms with E-state index >= 15 is 0 Å². The van der Waals surface area contributed by atoms with Crippen LogP contribution < -0.4 is 5.32 Å². The standard InChI is InChI=1S/C13H30N2S/c1-6-13(11-16-5)15(4)10-9-14-8-7-12(2)3/h12-14H,6-11H2,1-5H3. The number of rotatable bonds is 10. The summed E-state index contributed by atoms with van der Waals surface area (Å²) in [6.45, 7) is 10.3. The molecule has 0 aliphatic carbocycles. The van der Waals surface area contributed by atoms with Crippen LogP contribution >= 0.6 is 11.8 Å². The molecule has 0 aromatic heterocycles. The van der Waals surface area contributed by atoms with Crippen molar-refractivity contribution in [1.82, 2.24) is 10.2 Å². The van der Waals surface area contributed by atoms with E-state index in [0.717, 1.165) is 31.6 Å². The van der Waals surface area contributed by atoms with Gasteiger partial charge in [-0.05, 0) is 38.6 Å². The maximum Gasteiger partial charge on any atom is 0.0181 e. The summed E-state index contributed by atoms with van der Waals surface area (Å²) in [6, 6.07) is 0.738. The van der Waals surface area contributed by atoms with E-state index < -0.39 is 0 Å². The molecule has 0 aliphatic heterocycles. The Labute approximate surface area is 107 Å². The van der Waals surface area contributed by atoms with Gasteiger partial charge in [0.2, 0.25) is 0 Å². The third kappa shape index (κ3) is 8.43. The van der Waals surface area contributed by atoms with Crippen LogP contribution in [0.2, 0.25) is 0 Å². The van der Waals surface area contributed by atoms with Crippen molar-refractivity contribution >= 4 is 11.8 Å². The molecule has 0 spiro atoms. The normalized spacial score (nSPS) is 13.7. The molecular weight excluding hydrogens is 216 g/mol. The molecule has 0 bridgehead atoms. The molecule has 3 heteroatoms. The Morgan fingerprint density at radius 3 is 2.44 bits per heavy atom. The predicted octanol–water partition coefficient (Wildman–Crippen LogP) is 2.70. The predicted molar refractivity (Wildman–Crippen MR) is 77.4 cm³/mol. The number of nitrogens with one attached hydrogen (secondary N) is 1. The van der Waals surface area contributed by atoms with E-state index in [1.54, 1.807) is 0 Å². The molecule has 0 rings (SSSR count). The third-order valence-corrected chi connectivity index (χ3v) is 3.71. The zero-order chi connectivity index (χ0) is 12.4. The Kier molecular flexibility index (Phi) is 10.6. The van der Waals surface area contributed by atoms with Gasteiger partial charge in [0.05, 0.1) is 0 Å². The smallest absolute Gasteiger partial charge is 0.0181 e. The number of thioether (sulfide) groups is 1. The largest absolute Gasteiger partial charge is 0.315 e. The van der Waals surface area contributed by atoms with Gasteiger partial charge >= 0.3 is 0 Å². The highest BCUT2D eigenvalue weighted by Crippen LogP contribution is 2.07. The van der Waals surface area contributed by atoms with E-state index in [4.69, 9.17) is 0 Å². The lowest BCUT2D eigenvalue weighted by molar-refractivity contribution is 0.255. The summed E-state index contributed by atoms with van der Waals surface area (Å²) in [5.74, 6) is 2.06. The molecule has 0 aromatic carbocycles. The van der Waals surface area contributed by atoms with E-state index in [2.05, 4.69) is 44.3 Å². The number of likely N-dealkylation sites (N-methyl/N-ethyl adjacent to an activating group) is 1. The second kappa shape index (κ2) is 10.4. The van der Waals surface area contributed by atoms with Crippen LogP contribution in [-0.4, -0.2) is 49.6 Å². The molecular formula is C13H30N2S. The Hall–Kier alpha value is 0.270. The highest BCUT2D eigenvalue weighted by Gasteiger charge is 2.10. The molecule has 1 N–H and O–H groups in total. The summed E-state index contributed by atoms with van der Waals surface area (Å²) in [5.41, 5.74) is 0. The van der Waals surface area contributed by atoms with Crippen molar-refractivity contribution in [2.45, 2.75) is 39.7 Å². The third-order valence-electron chi connectivity index (χ3n) is 2.99. The number of nitrogens with zero attached hydrogens (tertiary/aromatic N) is 1. The zero-order valence-corrected chi connectivity index (χ0v) is 12.6. The maximum atomic E-state index is 3.52. The van der Waals surface area contributed by atoms with Crippen LogP contribution in [0.25, 0.3) is 0 Å². The molecule has 98 valence electrons. The molecule has 0 aliphatic rings. The lowest BCUT2D eigenvalue weighted by atomic mass is 10.1. The molecule has 0 fully saturated rings. The van der Waals surface area contributed by atoms with Gasteiger partial charge in [-0.25, -0.2) is 0 Å². The lowest BCUT2D eigenvalue weighted by Gasteiger charge is -2.26. The first-order valence-electron chi connectivity index (χ1n) is 6.51. The monoisotopic (exact) mass is 246 g/mol. The van der Waals surface area contributed by atoms with E-state index in [-0.39, 0.29) is 0 Å². The van der Waals surface area contributed by atoms with Crippen LogP contribution in [-0.2, 0) is 0 Å². The first kappa shape index (κ1) is 16.3. The summed E-state index contributed by atoms with van der Waals surface area (Å²) in [7, 11) is 2.24. The van der Waals surface area contributed by atoms with Crippen molar-refractivity contribution in [3.8, 4) is 0 Å². The van der Waals surface area contributed by atoms with E-state index in [9.17, 15) is 0 Å². The number of hydrogen-bond donors (Lipinski definition) is 1. The van der Waals surface area contributed by atoms with Crippen molar-refractivity contribution in [2.75, 3.05) is 38.7 Å². The topological polar surface area (TPSA) is 15.3 Å². The van der Waals surface area contributed by atoms with Gasteiger partial charge in [-0.1, -0.05) is 20.8 Å². The molecule has 0 heterocycles. The van der Waals surface area contributed by atoms with Crippen LogP contribution in [0.3, 0.4) is 0 Å². The lowest BCUT2D eigenvalue weighted by Crippen LogP contribution is -2.38. The minimum atomic E-state index is 0.738. The van der Waals surface area contributed by atoms with Crippen LogP contribution in [0.1, 0.15) is 33.6 Å². The van der Waals surface area contributed by atoms with Crippen molar-refractivity contribution in [3.05, 3.63) is 0 Å². The van der Waals surface area contributed by atoms with Crippen molar-refractivity contribution in [1.29, 1.82) is 0 Å². The Morgan fingerprint density at radius 2 is 1.94 bits per heavy atom. The molecule has 0 saturated heterocycles. The molecule has 16 heavy (non-hydrogen) atoms. The Balaban J connectivity index is 3.51. The fraction of sp³-hybridized carbons (Fsp3) is 1.00. The molecule has 0 amide bonds. The van der Waals surface area contributed by atoms with Gasteiger partial charge in [-0.2, -0.15) is 11.8 Å². The second-order valence-corrected chi connectivity index (χ2v) is 5.84. The highest BCUT2D eigenvalue weighted by atomic mass is 32.2. The zero-order valence-electron chi connectivity index (χ0n) is 11.8. The highest BCUT2D eigenvalue weighted by molar-refractivity contribution is 7.98. The fourth-order valence-corrected chi connectivity index (χ4v) is 2.58. The van der Waals surface area contributed by atoms with Gasteiger partial charge in [0, 0.05) is 24.9 Å². The minimum Gasteiger partial charge on any atom is -0.315 e. The average Bonchev–Trinajstić information content (AvgIpc) is 2.24. The van der Waals surface area contributed by atoms with Crippen molar-refractivity contribution < 1.29 is 0 Å². The van der Waals surface area contributed by atoms with Gasteiger partial charge < -0.3 is 10.2 Å².